The Balaban J connectivity index is 1.92. The molecule has 0 aliphatic rings. The third-order valence-corrected chi connectivity index (χ3v) is 5.52. The van der Waals surface area contributed by atoms with Crippen LogP contribution in [0, 0.1) is 0 Å². The molecule has 0 unspecified atom stereocenters. The van der Waals surface area contributed by atoms with E-state index >= 15 is 0 Å². The van der Waals surface area contributed by atoms with E-state index in [2.05, 4.69) is 9.71 Å². The van der Waals surface area contributed by atoms with Crippen LogP contribution in [0.15, 0.2) is 60.0 Å². The molecule has 2 aromatic heterocycles. The van der Waals surface area contributed by atoms with Gasteiger partial charge >= 0.3 is 6.18 Å². The van der Waals surface area contributed by atoms with Crippen LogP contribution in [0.4, 0.5) is 13.2 Å². The third kappa shape index (κ3) is 3.75. The minimum atomic E-state index is -4.49. The summed E-state index contributed by atoms with van der Waals surface area (Å²) in [6, 6.07) is 9.69. The van der Waals surface area contributed by atoms with Crippen molar-refractivity contribution in [1.29, 1.82) is 0 Å². The second kappa shape index (κ2) is 7.44. The van der Waals surface area contributed by atoms with Gasteiger partial charge in [0, 0.05) is 41.0 Å². The summed E-state index contributed by atoms with van der Waals surface area (Å²) >= 11 is 7.43. The number of rotatable bonds is 4. The summed E-state index contributed by atoms with van der Waals surface area (Å²) in [7, 11) is 3.72. The molecule has 4 nitrogen and oxygen atoms in total. The van der Waals surface area contributed by atoms with Crippen LogP contribution < -0.4 is 4.72 Å². The average Bonchev–Trinajstić information content (AvgIpc) is 3.24. The molecule has 0 amide bonds. The second-order valence-electron chi connectivity index (χ2n) is 6.48. The first-order valence-electron chi connectivity index (χ1n) is 8.62. The fraction of sp³-hybridized carbons (Fsp3) is 0.150. The first kappa shape index (κ1) is 19.9. The molecule has 0 saturated carbocycles. The van der Waals surface area contributed by atoms with E-state index in [9.17, 15) is 13.2 Å². The number of hydrogen-bond donors (Lipinski definition) is 1. The summed E-state index contributed by atoms with van der Waals surface area (Å²) in [5.74, 6) is 0. The summed E-state index contributed by atoms with van der Waals surface area (Å²) < 4.78 is 45.9. The molecule has 2 heterocycles. The van der Waals surface area contributed by atoms with E-state index in [1.807, 2.05) is 53.8 Å². The van der Waals surface area contributed by atoms with Crippen LogP contribution >= 0.6 is 23.5 Å². The van der Waals surface area contributed by atoms with Crippen molar-refractivity contribution in [1.82, 2.24) is 18.8 Å². The van der Waals surface area contributed by atoms with Crippen LogP contribution in [0.2, 0.25) is 5.02 Å². The molecule has 0 radical (unpaired) electrons. The number of aromatic nitrogens is 3. The highest BCUT2D eigenvalue weighted by atomic mass is 35.5. The van der Waals surface area contributed by atoms with Gasteiger partial charge in [0.05, 0.1) is 28.1 Å². The molecule has 4 rings (SSSR count). The van der Waals surface area contributed by atoms with Gasteiger partial charge in [0.25, 0.3) is 0 Å². The van der Waals surface area contributed by atoms with Gasteiger partial charge in [0.1, 0.15) is 0 Å². The van der Waals surface area contributed by atoms with Crippen LogP contribution in [0.1, 0.15) is 5.56 Å². The molecule has 1 N–H and O–H groups in total. The van der Waals surface area contributed by atoms with Crippen molar-refractivity contribution >= 4 is 34.5 Å². The van der Waals surface area contributed by atoms with Crippen molar-refractivity contribution < 1.29 is 13.2 Å². The zero-order chi connectivity index (χ0) is 20.8. The molecule has 2 aromatic carbocycles. The maximum absolute atomic E-state index is 13.1. The maximum atomic E-state index is 13.1. The minimum absolute atomic E-state index is 0.335. The Labute approximate surface area is 174 Å². The number of nitrogens with zero attached hydrogens (tertiary/aromatic N) is 3. The Bertz CT molecular complexity index is 1200. The van der Waals surface area contributed by atoms with E-state index in [1.54, 1.807) is 6.33 Å². The molecule has 0 fully saturated rings. The van der Waals surface area contributed by atoms with Gasteiger partial charge in [0.15, 0.2) is 0 Å². The minimum Gasteiger partial charge on any atom is -0.340 e. The number of nitrogens with one attached hydrogen (secondary N) is 1. The predicted octanol–water partition coefficient (Wildman–Crippen LogP) is 5.93. The monoisotopic (exact) mass is 436 g/mol. The van der Waals surface area contributed by atoms with E-state index in [1.165, 1.54) is 24.1 Å². The predicted molar refractivity (Wildman–Crippen MR) is 110 cm³/mol. The molecule has 0 saturated heterocycles. The first-order valence-corrected chi connectivity index (χ1v) is 9.81. The van der Waals surface area contributed by atoms with Gasteiger partial charge in [-0.2, -0.15) is 13.2 Å². The largest absolute Gasteiger partial charge is 0.417 e. The molecule has 0 atom stereocenters. The Morgan fingerprint density at radius 3 is 2.52 bits per heavy atom. The van der Waals surface area contributed by atoms with Gasteiger partial charge in [-0.25, -0.2) is 4.98 Å². The van der Waals surface area contributed by atoms with Crippen molar-refractivity contribution in [3.63, 3.8) is 0 Å². The molecule has 0 bridgehead atoms. The summed E-state index contributed by atoms with van der Waals surface area (Å²) in [6.45, 7) is 0. The Hall–Kier alpha value is -2.42. The number of aryl methyl sites for hydroxylation is 1. The number of alkyl halides is 3. The third-order valence-electron chi connectivity index (χ3n) is 4.51. The van der Waals surface area contributed by atoms with Crippen LogP contribution in [0.5, 0.6) is 0 Å². The standard InChI is InChI=1S/C20H16ClF3N4S/c1-25-29-13-4-6-19-14(8-13)15(18-10-27(2)11-26-18)9-28(19)12-3-5-16(17(21)7-12)20(22,23)24/h3-11,25H,1-2H3. The highest BCUT2D eigenvalue weighted by Crippen LogP contribution is 2.38. The van der Waals surface area contributed by atoms with Crippen molar-refractivity contribution in [2.24, 2.45) is 7.05 Å². The summed E-state index contributed by atoms with van der Waals surface area (Å²) in [6.07, 6.45) is 0.989. The molecule has 9 heteroatoms. The second-order valence-corrected chi connectivity index (χ2v) is 7.98. The van der Waals surface area contributed by atoms with E-state index in [-0.39, 0.29) is 5.02 Å². The quantitative estimate of drug-likeness (QED) is 0.403. The van der Waals surface area contributed by atoms with E-state index in [0.29, 0.717) is 5.69 Å². The van der Waals surface area contributed by atoms with Gasteiger partial charge in [-0.1, -0.05) is 11.6 Å². The maximum Gasteiger partial charge on any atom is 0.417 e. The fourth-order valence-electron chi connectivity index (χ4n) is 3.24. The number of benzene rings is 2. The lowest BCUT2D eigenvalue weighted by Crippen LogP contribution is -2.06. The highest BCUT2D eigenvalue weighted by Gasteiger charge is 2.33. The molecule has 0 aliphatic carbocycles. The van der Waals surface area contributed by atoms with Crippen molar-refractivity contribution in [3.8, 4) is 16.9 Å². The van der Waals surface area contributed by atoms with Crippen molar-refractivity contribution in [2.75, 3.05) is 7.05 Å². The molecule has 4 aromatic rings. The summed E-state index contributed by atoms with van der Waals surface area (Å²) in [5, 5.41) is 0.610. The lowest BCUT2D eigenvalue weighted by atomic mass is 10.1. The Morgan fingerprint density at radius 1 is 1.10 bits per heavy atom. The van der Waals surface area contributed by atoms with Crippen molar-refractivity contribution in [2.45, 2.75) is 11.1 Å². The van der Waals surface area contributed by atoms with Crippen LogP contribution in [0.3, 0.4) is 0 Å². The summed E-state index contributed by atoms with van der Waals surface area (Å²) in [4.78, 5) is 5.45. The molecular formula is C20H16ClF3N4S. The molecular weight excluding hydrogens is 421 g/mol. The van der Waals surface area contributed by atoms with Gasteiger partial charge < -0.3 is 9.13 Å². The van der Waals surface area contributed by atoms with Gasteiger partial charge in [-0.05, 0) is 55.4 Å². The lowest BCUT2D eigenvalue weighted by molar-refractivity contribution is -0.137. The molecule has 150 valence electrons. The topological polar surface area (TPSA) is 34.8 Å². The van der Waals surface area contributed by atoms with Crippen LogP contribution in [-0.2, 0) is 13.2 Å². The first-order chi connectivity index (χ1) is 13.8. The number of hydrogen-bond acceptors (Lipinski definition) is 3. The van der Waals surface area contributed by atoms with E-state index in [0.717, 1.165) is 33.1 Å². The SMILES string of the molecule is CNSc1ccc2c(c1)c(-c1cn(C)cn1)cn2-c1ccc(C(F)(F)F)c(Cl)c1. The van der Waals surface area contributed by atoms with Gasteiger partial charge in [-0.15, -0.1) is 0 Å². The van der Waals surface area contributed by atoms with Crippen LogP contribution in [-0.4, -0.2) is 21.2 Å². The van der Waals surface area contributed by atoms with Gasteiger partial charge in [-0.3, -0.25) is 4.72 Å². The highest BCUT2D eigenvalue weighted by molar-refractivity contribution is 7.97. The smallest absolute Gasteiger partial charge is 0.340 e. The average molecular weight is 437 g/mol. The van der Waals surface area contributed by atoms with Crippen molar-refractivity contribution in [3.05, 3.63) is 65.7 Å². The van der Waals surface area contributed by atoms with Gasteiger partial charge in [0.2, 0.25) is 0 Å². The van der Waals surface area contributed by atoms with E-state index in [4.69, 9.17) is 11.6 Å². The Morgan fingerprint density at radius 2 is 1.90 bits per heavy atom. The number of halogens is 4. The molecule has 0 aliphatic heterocycles. The normalized spacial score (nSPS) is 12.1. The fourth-order valence-corrected chi connectivity index (χ4v) is 4.07. The zero-order valence-corrected chi connectivity index (χ0v) is 17.0. The van der Waals surface area contributed by atoms with Crippen LogP contribution in [0.25, 0.3) is 27.8 Å². The van der Waals surface area contributed by atoms with E-state index < -0.39 is 11.7 Å². The zero-order valence-electron chi connectivity index (χ0n) is 15.5. The molecule has 0 spiro atoms. The Kier molecular flexibility index (Phi) is 5.10. The molecule has 29 heavy (non-hydrogen) atoms. The summed E-state index contributed by atoms with van der Waals surface area (Å²) in [5.41, 5.74) is 2.21. The number of imidazole rings is 1. The number of fused-ring (bicyclic) bond motifs is 1. The lowest BCUT2D eigenvalue weighted by Gasteiger charge is -2.12.